The van der Waals surface area contributed by atoms with E-state index < -0.39 is 77.1 Å². The molecular weight excluding hydrogens is 748 g/mol. The van der Waals surface area contributed by atoms with Gasteiger partial charge >= 0.3 is 41.7 Å². The van der Waals surface area contributed by atoms with Crippen LogP contribution in [0.3, 0.4) is 0 Å². The molecule has 288 valence electrons. The first-order chi connectivity index (χ1) is 23.8. The molecule has 1 unspecified atom stereocenters. The second kappa shape index (κ2) is 14.1. The average Bonchev–Trinajstić information content (AvgIpc) is 3.32. The molecule has 1 aliphatic heterocycles. The maximum absolute atomic E-state index is 15.4. The highest BCUT2D eigenvalue weighted by Gasteiger charge is 2.90. The molecule has 0 N–H and O–H groups in total. The molecular formula is C32H26F16N2O2. The first kappa shape index (κ1) is 40.8. The van der Waals surface area contributed by atoms with Crippen LogP contribution in [-0.4, -0.2) is 58.5 Å². The lowest BCUT2D eigenvalue weighted by Crippen LogP contribution is -2.70. The number of hydrogen-bond donors (Lipinski definition) is 0. The van der Waals surface area contributed by atoms with Crippen LogP contribution in [0.25, 0.3) is 22.5 Å². The monoisotopic (exact) mass is 774 g/mol. The fourth-order valence-corrected chi connectivity index (χ4v) is 5.13. The zero-order chi connectivity index (χ0) is 39.1. The number of unbranched alkanes of at least 4 members (excludes halogenated alkanes) is 4. The van der Waals surface area contributed by atoms with Gasteiger partial charge in [-0.05, 0) is 42.7 Å². The van der Waals surface area contributed by atoms with E-state index in [9.17, 15) is 57.1 Å². The van der Waals surface area contributed by atoms with Gasteiger partial charge in [0.2, 0.25) is 0 Å². The smallest absolute Gasteiger partial charge is 0.460 e. The van der Waals surface area contributed by atoms with Crippen LogP contribution in [-0.2, 0) is 5.92 Å². The number of nitrogens with zero attached hydrogens (tertiary/aromatic N) is 2. The Bertz CT molecular complexity index is 1690. The Morgan fingerprint density at radius 2 is 1.25 bits per heavy atom. The van der Waals surface area contributed by atoms with Gasteiger partial charge < -0.3 is 9.47 Å². The second-order valence-corrected chi connectivity index (χ2v) is 11.8. The van der Waals surface area contributed by atoms with E-state index in [0.29, 0.717) is 12.8 Å². The van der Waals surface area contributed by atoms with E-state index in [1.54, 1.807) is 0 Å². The molecule has 0 spiro atoms. The molecule has 0 saturated carbocycles. The van der Waals surface area contributed by atoms with Crippen molar-refractivity contribution in [3.8, 4) is 34.0 Å². The minimum absolute atomic E-state index is 0.00812. The highest BCUT2D eigenvalue weighted by molar-refractivity contribution is 5.66. The van der Waals surface area contributed by atoms with Gasteiger partial charge in [0.15, 0.2) is 18.5 Å². The fraction of sp³-hybridized carbons (Fsp3) is 0.500. The zero-order valence-electron chi connectivity index (χ0n) is 26.4. The van der Waals surface area contributed by atoms with Gasteiger partial charge in [-0.3, -0.25) is 0 Å². The molecule has 0 fully saturated rings. The van der Waals surface area contributed by atoms with Crippen molar-refractivity contribution < 1.29 is 79.7 Å². The number of alkyl halides is 15. The van der Waals surface area contributed by atoms with Gasteiger partial charge in [0.25, 0.3) is 0 Å². The Morgan fingerprint density at radius 1 is 0.692 bits per heavy atom. The van der Waals surface area contributed by atoms with Crippen molar-refractivity contribution in [1.82, 2.24) is 9.97 Å². The average molecular weight is 775 g/mol. The first-order valence-corrected chi connectivity index (χ1v) is 15.2. The van der Waals surface area contributed by atoms with Crippen LogP contribution < -0.4 is 9.47 Å². The summed E-state index contributed by atoms with van der Waals surface area (Å²) in [5.74, 6) is -44.2. The molecule has 3 aromatic rings. The van der Waals surface area contributed by atoms with Crippen LogP contribution in [0.2, 0.25) is 0 Å². The molecule has 0 radical (unpaired) electrons. The molecule has 1 aliphatic rings. The van der Waals surface area contributed by atoms with Gasteiger partial charge in [-0.2, -0.15) is 65.9 Å². The van der Waals surface area contributed by atoms with Crippen LogP contribution >= 0.6 is 0 Å². The molecule has 0 amide bonds. The summed E-state index contributed by atoms with van der Waals surface area (Å²) in [6.07, 6.45) is -3.05. The molecule has 0 aliphatic carbocycles. The molecule has 4 rings (SSSR count). The third-order valence-electron chi connectivity index (χ3n) is 8.18. The molecule has 2 aromatic carbocycles. The van der Waals surface area contributed by atoms with Gasteiger partial charge in [-0.15, -0.1) is 0 Å². The Balaban J connectivity index is 1.45. The second-order valence-electron chi connectivity index (χ2n) is 11.8. The highest BCUT2D eigenvalue weighted by atomic mass is 19.4. The summed E-state index contributed by atoms with van der Waals surface area (Å²) in [5.41, 5.74) is -1.12. The number of fused-ring (bicyclic) bond motifs is 1. The van der Waals surface area contributed by atoms with Gasteiger partial charge in [0.1, 0.15) is 22.9 Å². The van der Waals surface area contributed by atoms with E-state index in [-0.39, 0.29) is 29.1 Å². The Labute approximate surface area is 284 Å². The molecule has 1 atom stereocenters. The summed E-state index contributed by atoms with van der Waals surface area (Å²) in [4.78, 5) is 7.89. The number of halogens is 16. The van der Waals surface area contributed by atoms with Crippen molar-refractivity contribution in [2.24, 2.45) is 0 Å². The quantitative estimate of drug-likeness (QED) is 0.114. The molecule has 20 heteroatoms. The van der Waals surface area contributed by atoms with E-state index in [0.717, 1.165) is 68.1 Å². The zero-order valence-corrected chi connectivity index (χ0v) is 26.4. The first-order valence-electron chi connectivity index (χ1n) is 15.2. The Hall–Kier alpha value is -4.00. The third kappa shape index (κ3) is 7.04. The topological polar surface area (TPSA) is 44.2 Å². The summed E-state index contributed by atoms with van der Waals surface area (Å²) in [6, 6.07) is 5.83. The van der Waals surface area contributed by atoms with E-state index in [1.807, 2.05) is 6.92 Å². The van der Waals surface area contributed by atoms with Crippen molar-refractivity contribution in [2.45, 2.75) is 93.3 Å². The number of hydrogen-bond acceptors (Lipinski definition) is 4. The number of benzene rings is 2. The van der Waals surface area contributed by atoms with Crippen molar-refractivity contribution >= 4 is 0 Å². The normalized spacial score (nSPS) is 16.8. The lowest BCUT2D eigenvalue weighted by atomic mass is 9.94. The summed E-state index contributed by atoms with van der Waals surface area (Å²) < 4.78 is 228. The largest absolute Gasteiger partial charge is 0.487 e. The predicted molar refractivity (Wildman–Crippen MR) is 151 cm³/mol. The fourth-order valence-electron chi connectivity index (χ4n) is 5.13. The van der Waals surface area contributed by atoms with Crippen molar-refractivity contribution in [2.75, 3.05) is 6.61 Å². The van der Waals surface area contributed by atoms with Crippen molar-refractivity contribution in [3.63, 3.8) is 0 Å². The molecule has 2 heterocycles. The van der Waals surface area contributed by atoms with Gasteiger partial charge in [-0.25, -0.2) is 14.4 Å². The minimum Gasteiger partial charge on any atom is -0.487 e. The van der Waals surface area contributed by atoms with Crippen molar-refractivity contribution in [3.05, 3.63) is 60.2 Å². The lowest BCUT2D eigenvalue weighted by molar-refractivity contribution is -0.440. The van der Waals surface area contributed by atoms with Gasteiger partial charge in [0, 0.05) is 18.0 Å². The third-order valence-corrected chi connectivity index (χ3v) is 8.18. The molecule has 4 nitrogen and oxygen atoms in total. The maximum Gasteiger partial charge on any atom is 0.460 e. The molecule has 52 heavy (non-hydrogen) atoms. The van der Waals surface area contributed by atoms with E-state index in [1.165, 1.54) is 0 Å². The number of ether oxygens (including phenoxy) is 2. The molecule has 0 saturated heterocycles. The summed E-state index contributed by atoms with van der Waals surface area (Å²) in [6.45, 7) is -0.883. The SMILES string of the molecule is CCCCCCCC1Oc2ccc(-c3ncc(-c4ccc(OCC(F)(F)C(F)(F)C(F)(F)C(F)(F)C(F)(F)C(F)(F)F)cc4)cn3)c(F)c2C1(F)F. The summed E-state index contributed by atoms with van der Waals surface area (Å²) in [5, 5.41) is 0. The van der Waals surface area contributed by atoms with Crippen molar-refractivity contribution in [1.29, 1.82) is 0 Å². The number of aromatic nitrogens is 2. The predicted octanol–water partition coefficient (Wildman–Crippen LogP) is 11.3. The summed E-state index contributed by atoms with van der Waals surface area (Å²) in [7, 11) is 0. The standard InChI is InChI=1S/C32H26F16N2O2/c1-2-3-4-5-6-7-22-27(36,37)23-21(52-22)13-12-20(24(23)33)25-49-14-18(15-50-25)17-8-10-19(11-9-17)51-16-26(34,35)28(38,39)29(40,41)30(42,43)31(44,45)32(46,47)48/h8-15,22H,2-7,16H2,1H3. The highest BCUT2D eigenvalue weighted by Crippen LogP contribution is 2.60. The van der Waals surface area contributed by atoms with E-state index in [4.69, 9.17) is 4.74 Å². The summed E-state index contributed by atoms with van der Waals surface area (Å²) >= 11 is 0. The van der Waals surface area contributed by atoms with E-state index in [2.05, 4.69) is 14.7 Å². The minimum atomic E-state index is -8.02. The van der Waals surface area contributed by atoms with Crippen LogP contribution in [0.15, 0.2) is 48.8 Å². The Morgan fingerprint density at radius 3 is 1.81 bits per heavy atom. The van der Waals surface area contributed by atoms with Crippen LogP contribution in [0.1, 0.15) is 51.0 Å². The van der Waals surface area contributed by atoms with Crippen LogP contribution in [0, 0.1) is 5.82 Å². The molecule has 0 bridgehead atoms. The Kier molecular flexibility index (Phi) is 11.0. The van der Waals surface area contributed by atoms with Crippen LogP contribution in [0.5, 0.6) is 11.5 Å². The lowest BCUT2D eigenvalue weighted by Gasteiger charge is -2.39. The molecule has 1 aromatic heterocycles. The maximum atomic E-state index is 15.4. The van der Waals surface area contributed by atoms with Crippen LogP contribution in [0.4, 0.5) is 70.2 Å². The van der Waals surface area contributed by atoms with Gasteiger partial charge in [0.05, 0.1) is 5.56 Å². The number of rotatable bonds is 15. The van der Waals surface area contributed by atoms with E-state index >= 15 is 13.2 Å². The van der Waals surface area contributed by atoms with Gasteiger partial charge in [-0.1, -0.05) is 44.7 Å².